The third-order valence-corrected chi connectivity index (χ3v) is 7.02. The fraction of sp³-hybridized carbons (Fsp3) is 0.522. The maximum absolute atomic E-state index is 5.49. The molecule has 0 bridgehead atoms. The molecule has 6 rings (SSSR count). The molecule has 156 valence electrons. The Labute approximate surface area is 176 Å². The third-order valence-electron chi connectivity index (χ3n) is 7.02. The first-order valence-electron chi connectivity index (χ1n) is 11.1. The Balaban J connectivity index is 1.05. The Kier molecular flexibility index (Phi) is 4.46. The van der Waals surface area contributed by atoms with E-state index in [9.17, 15) is 0 Å². The van der Waals surface area contributed by atoms with Crippen LogP contribution in [0.2, 0.25) is 0 Å². The van der Waals surface area contributed by atoms with Gasteiger partial charge in [0.1, 0.15) is 5.82 Å². The molecule has 7 heteroatoms. The van der Waals surface area contributed by atoms with Crippen molar-refractivity contribution in [2.45, 2.75) is 18.9 Å². The van der Waals surface area contributed by atoms with E-state index in [4.69, 9.17) is 4.74 Å². The van der Waals surface area contributed by atoms with Gasteiger partial charge in [-0.2, -0.15) is 5.10 Å². The molecule has 7 nitrogen and oxygen atoms in total. The van der Waals surface area contributed by atoms with Crippen LogP contribution in [0.3, 0.4) is 0 Å². The van der Waals surface area contributed by atoms with Gasteiger partial charge in [-0.1, -0.05) is 6.07 Å². The molecular weight excluding hydrogens is 376 g/mol. The van der Waals surface area contributed by atoms with Gasteiger partial charge in [-0.05, 0) is 54.9 Å². The summed E-state index contributed by atoms with van der Waals surface area (Å²) >= 11 is 0. The summed E-state index contributed by atoms with van der Waals surface area (Å²) in [6.07, 6.45) is 4.48. The summed E-state index contributed by atoms with van der Waals surface area (Å²) < 4.78 is 7.33. The first-order chi connectivity index (χ1) is 14.7. The molecule has 1 N–H and O–H groups in total. The molecule has 1 aromatic carbocycles. The minimum atomic E-state index is 0.558. The van der Waals surface area contributed by atoms with E-state index in [1.54, 1.807) is 0 Å². The summed E-state index contributed by atoms with van der Waals surface area (Å²) in [5, 5.41) is 18.1. The van der Waals surface area contributed by atoms with E-state index < -0.39 is 0 Å². The van der Waals surface area contributed by atoms with Crippen molar-refractivity contribution in [1.29, 1.82) is 0 Å². The van der Waals surface area contributed by atoms with Gasteiger partial charge in [-0.15, -0.1) is 10.2 Å². The summed E-state index contributed by atoms with van der Waals surface area (Å²) in [6, 6.07) is 10.9. The van der Waals surface area contributed by atoms with Crippen LogP contribution in [0.4, 0.5) is 5.82 Å². The predicted molar refractivity (Wildman–Crippen MR) is 116 cm³/mol. The number of nitrogens with zero attached hydrogens (tertiary/aromatic N) is 5. The number of benzene rings is 1. The SMILES string of the molecule is Cn1cc2cc(-c3ccc(NC4[C@H]5CN(CC6CCOCC6)C[C@@H]45)nn3)ccc2n1. The van der Waals surface area contributed by atoms with Crippen LogP contribution in [-0.4, -0.2) is 63.8 Å². The molecule has 1 aliphatic carbocycles. The zero-order chi connectivity index (χ0) is 20.1. The molecular formula is C23H28N6O. The number of likely N-dealkylation sites (tertiary alicyclic amines) is 1. The van der Waals surface area contributed by atoms with Crippen molar-refractivity contribution in [3.63, 3.8) is 0 Å². The third kappa shape index (κ3) is 3.46. The van der Waals surface area contributed by atoms with E-state index in [1.807, 2.05) is 24.0 Å². The van der Waals surface area contributed by atoms with Crippen molar-refractivity contribution in [2.75, 3.05) is 38.2 Å². The molecule has 0 spiro atoms. The molecule has 4 heterocycles. The summed E-state index contributed by atoms with van der Waals surface area (Å²) in [7, 11) is 1.94. The standard InChI is InChI=1S/C23H28N6O/c1-28-12-17-10-16(2-3-21(17)27-28)20-4-5-22(26-25-20)24-23-18-13-29(14-19(18)23)11-15-6-8-30-9-7-15/h2-5,10,12,15,18-19,23H,6-9,11,13-14H2,1H3,(H,24,26)/t18-,19+,23?. The number of rotatable bonds is 5. The second-order valence-corrected chi connectivity index (χ2v) is 9.15. The van der Waals surface area contributed by atoms with Gasteiger partial charge in [0.05, 0.1) is 11.2 Å². The Bertz CT molecular complexity index is 1030. The largest absolute Gasteiger partial charge is 0.381 e. The van der Waals surface area contributed by atoms with Crippen LogP contribution in [0.1, 0.15) is 12.8 Å². The highest BCUT2D eigenvalue weighted by atomic mass is 16.5. The maximum Gasteiger partial charge on any atom is 0.148 e. The molecule has 3 aromatic rings. The van der Waals surface area contributed by atoms with E-state index in [0.717, 1.165) is 58.9 Å². The van der Waals surface area contributed by atoms with E-state index in [2.05, 4.69) is 49.8 Å². The second kappa shape index (κ2) is 7.32. The van der Waals surface area contributed by atoms with Crippen LogP contribution in [0.25, 0.3) is 22.2 Å². The maximum atomic E-state index is 5.49. The number of ether oxygens (including phenoxy) is 1. The molecule has 1 unspecified atom stereocenters. The van der Waals surface area contributed by atoms with Crippen LogP contribution in [0.5, 0.6) is 0 Å². The summed E-state index contributed by atoms with van der Waals surface area (Å²) in [5.41, 5.74) is 2.96. The Morgan fingerprint density at radius 2 is 1.90 bits per heavy atom. The fourth-order valence-electron chi connectivity index (χ4n) is 5.31. The minimum Gasteiger partial charge on any atom is -0.381 e. The molecule has 0 radical (unpaired) electrons. The van der Waals surface area contributed by atoms with Crippen molar-refractivity contribution < 1.29 is 4.74 Å². The van der Waals surface area contributed by atoms with E-state index in [1.165, 1.54) is 32.5 Å². The first-order valence-corrected chi connectivity index (χ1v) is 11.1. The van der Waals surface area contributed by atoms with E-state index in [0.29, 0.717) is 6.04 Å². The monoisotopic (exact) mass is 404 g/mol. The minimum absolute atomic E-state index is 0.558. The number of hydrogen-bond donors (Lipinski definition) is 1. The van der Waals surface area contributed by atoms with Crippen molar-refractivity contribution in [3.8, 4) is 11.3 Å². The molecule has 2 aliphatic heterocycles. The lowest BCUT2D eigenvalue weighted by molar-refractivity contribution is 0.0540. The van der Waals surface area contributed by atoms with Gasteiger partial charge in [0.15, 0.2) is 0 Å². The average molecular weight is 405 g/mol. The highest BCUT2D eigenvalue weighted by Crippen LogP contribution is 2.47. The van der Waals surface area contributed by atoms with Crippen LogP contribution in [0.15, 0.2) is 36.5 Å². The average Bonchev–Trinajstić information content (AvgIpc) is 3.08. The molecule has 2 aromatic heterocycles. The number of aromatic nitrogens is 4. The Morgan fingerprint density at radius 1 is 1.07 bits per heavy atom. The lowest BCUT2D eigenvalue weighted by atomic mass is 10.00. The zero-order valence-electron chi connectivity index (χ0n) is 17.4. The van der Waals surface area contributed by atoms with Gasteiger partial charge < -0.3 is 15.0 Å². The molecule has 3 aliphatic rings. The molecule has 0 amide bonds. The molecule has 3 fully saturated rings. The normalized spacial score (nSPS) is 26.8. The van der Waals surface area contributed by atoms with Gasteiger partial charge in [0, 0.05) is 63.1 Å². The van der Waals surface area contributed by atoms with Crippen molar-refractivity contribution in [2.24, 2.45) is 24.8 Å². The first kappa shape index (κ1) is 18.3. The van der Waals surface area contributed by atoms with Gasteiger partial charge in [-0.25, -0.2) is 0 Å². The van der Waals surface area contributed by atoms with Crippen LogP contribution in [-0.2, 0) is 11.8 Å². The number of anilines is 1. The fourth-order valence-corrected chi connectivity index (χ4v) is 5.31. The van der Waals surface area contributed by atoms with Crippen LogP contribution >= 0.6 is 0 Å². The van der Waals surface area contributed by atoms with Crippen molar-refractivity contribution in [3.05, 3.63) is 36.5 Å². The quantitative estimate of drug-likeness (QED) is 0.705. The smallest absolute Gasteiger partial charge is 0.148 e. The number of piperidine rings is 1. The van der Waals surface area contributed by atoms with Gasteiger partial charge in [-0.3, -0.25) is 4.68 Å². The van der Waals surface area contributed by atoms with Crippen molar-refractivity contribution >= 4 is 16.7 Å². The van der Waals surface area contributed by atoms with E-state index in [-0.39, 0.29) is 0 Å². The molecule has 2 saturated heterocycles. The molecule has 30 heavy (non-hydrogen) atoms. The highest BCUT2D eigenvalue weighted by Gasteiger charge is 2.55. The summed E-state index contributed by atoms with van der Waals surface area (Å²) in [5.74, 6) is 3.24. The summed E-state index contributed by atoms with van der Waals surface area (Å²) in [4.78, 5) is 2.66. The van der Waals surface area contributed by atoms with Gasteiger partial charge in [0.2, 0.25) is 0 Å². The second-order valence-electron chi connectivity index (χ2n) is 9.15. The van der Waals surface area contributed by atoms with Crippen molar-refractivity contribution in [1.82, 2.24) is 24.9 Å². The lowest BCUT2D eigenvalue weighted by Gasteiger charge is -2.28. The lowest BCUT2D eigenvalue weighted by Crippen LogP contribution is -2.34. The van der Waals surface area contributed by atoms with Gasteiger partial charge in [0.25, 0.3) is 0 Å². The van der Waals surface area contributed by atoms with Gasteiger partial charge >= 0.3 is 0 Å². The number of hydrogen-bond acceptors (Lipinski definition) is 6. The predicted octanol–water partition coefficient (Wildman–Crippen LogP) is 2.80. The molecule has 3 atom stereocenters. The number of fused-ring (bicyclic) bond motifs is 2. The number of aryl methyl sites for hydroxylation is 1. The summed E-state index contributed by atoms with van der Waals surface area (Å²) in [6.45, 7) is 5.58. The molecule has 1 saturated carbocycles. The van der Waals surface area contributed by atoms with E-state index >= 15 is 0 Å². The van der Waals surface area contributed by atoms with Crippen LogP contribution in [0, 0.1) is 17.8 Å². The highest BCUT2D eigenvalue weighted by molar-refractivity contribution is 5.83. The Morgan fingerprint density at radius 3 is 2.67 bits per heavy atom. The van der Waals surface area contributed by atoms with Crippen LogP contribution < -0.4 is 5.32 Å². The number of nitrogens with one attached hydrogen (secondary N) is 1. The Hall–Kier alpha value is -2.51. The topological polar surface area (TPSA) is 68.1 Å². The zero-order valence-corrected chi connectivity index (χ0v) is 17.4.